The lowest BCUT2D eigenvalue weighted by Crippen LogP contribution is -2.36. The number of halogens is 1. The van der Waals surface area contributed by atoms with Crippen LogP contribution in [0.15, 0.2) is 23.1 Å². The van der Waals surface area contributed by atoms with Crippen LogP contribution in [-0.2, 0) is 10.0 Å². The monoisotopic (exact) mass is 290 g/mol. The zero-order valence-electron chi connectivity index (χ0n) is 10.6. The first-order chi connectivity index (χ1) is 7.99. The summed E-state index contributed by atoms with van der Waals surface area (Å²) in [4.78, 5) is 0.384. The minimum absolute atomic E-state index is 0. The maximum absolute atomic E-state index is 12.2. The summed E-state index contributed by atoms with van der Waals surface area (Å²) in [6, 6.07) is 5.41. The largest absolute Gasteiger partial charge is 0.315 e. The van der Waals surface area contributed by atoms with E-state index < -0.39 is 10.0 Å². The predicted octanol–water partition coefficient (Wildman–Crippen LogP) is 1.37. The summed E-state index contributed by atoms with van der Waals surface area (Å²) >= 11 is 0. The van der Waals surface area contributed by atoms with E-state index >= 15 is 0 Å². The van der Waals surface area contributed by atoms with Crippen molar-refractivity contribution in [2.45, 2.75) is 31.2 Å². The third kappa shape index (κ3) is 3.45. The van der Waals surface area contributed by atoms with E-state index in [0.29, 0.717) is 11.4 Å². The second kappa shape index (κ2) is 6.02. The minimum Gasteiger partial charge on any atom is -0.315 e. The van der Waals surface area contributed by atoms with Crippen LogP contribution in [0.1, 0.15) is 17.5 Å². The zero-order chi connectivity index (χ0) is 12.5. The average Bonchev–Trinajstić information content (AvgIpc) is 2.68. The topological polar surface area (TPSA) is 58.2 Å². The molecule has 2 N–H and O–H groups in total. The van der Waals surface area contributed by atoms with Gasteiger partial charge in [-0.1, -0.05) is 17.7 Å². The third-order valence-electron chi connectivity index (χ3n) is 3.00. The zero-order valence-corrected chi connectivity index (χ0v) is 12.2. The van der Waals surface area contributed by atoms with Gasteiger partial charge in [0.25, 0.3) is 0 Å². The SMILES string of the molecule is Cc1ccc(S(=O)(=O)NC2CCNC2)c(C)c1.Cl. The lowest BCUT2D eigenvalue weighted by atomic mass is 10.2. The molecule has 102 valence electrons. The molecule has 0 radical (unpaired) electrons. The number of rotatable bonds is 3. The fraction of sp³-hybridized carbons (Fsp3) is 0.500. The Bertz CT molecular complexity index is 511. The van der Waals surface area contributed by atoms with Crippen molar-refractivity contribution in [3.05, 3.63) is 29.3 Å². The molecule has 0 aromatic heterocycles. The van der Waals surface area contributed by atoms with Gasteiger partial charge in [-0.15, -0.1) is 12.4 Å². The number of nitrogens with one attached hydrogen (secondary N) is 2. The fourth-order valence-corrected chi connectivity index (χ4v) is 3.64. The highest BCUT2D eigenvalue weighted by Crippen LogP contribution is 2.17. The van der Waals surface area contributed by atoms with Crippen LogP contribution in [-0.4, -0.2) is 27.5 Å². The molecule has 0 amide bonds. The first-order valence-corrected chi connectivity index (χ1v) is 7.28. The lowest BCUT2D eigenvalue weighted by molar-refractivity contribution is 0.559. The normalized spacial score (nSPS) is 19.6. The molecule has 1 aromatic rings. The van der Waals surface area contributed by atoms with Crippen molar-refractivity contribution in [2.75, 3.05) is 13.1 Å². The first kappa shape index (κ1) is 15.4. The van der Waals surface area contributed by atoms with Gasteiger partial charge in [-0.25, -0.2) is 13.1 Å². The molecule has 18 heavy (non-hydrogen) atoms. The third-order valence-corrected chi connectivity index (χ3v) is 4.68. The van der Waals surface area contributed by atoms with E-state index in [0.717, 1.165) is 24.1 Å². The van der Waals surface area contributed by atoms with Crippen molar-refractivity contribution in [3.63, 3.8) is 0 Å². The van der Waals surface area contributed by atoms with Crippen LogP contribution >= 0.6 is 12.4 Å². The van der Waals surface area contributed by atoms with E-state index in [2.05, 4.69) is 10.0 Å². The van der Waals surface area contributed by atoms with E-state index in [-0.39, 0.29) is 18.4 Å². The van der Waals surface area contributed by atoms with Crippen LogP contribution in [0.2, 0.25) is 0 Å². The summed E-state index contributed by atoms with van der Waals surface area (Å²) in [5.41, 5.74) is 1.87. The second-order valence-electron chi connectivity index (χ2n) is 4.58. The van der Waals surface area contributed by atoms with Gasteiger partial charge in [-0.05, 0) is 38.4 Å². The highest BCUT2D eigenvalue weighted by atomic mass is 35.5. The molecule has 4 nitrogen and oxygen atoms in total. The summed E-state index contributed by atoms with van der Waals surface area (Å²) in [7, 11) is -3.38. The summed E-state index contributed by atoms with van der Waals surface area (Å²) in [5.74, 6) is 0. The van der Waals surface area contributed by atoms with Gasteiger partial charge in [-0.2, -0.15) is 0 Å². The lowest BCUT2D eigenvalue weighted by Gasteiger charge is -2.13. The average molecular weight is 291 g/mol. The van der Waals surface area contributed by atoms with Crippen molar-refractivity contribution in [2.24, 2.45) is 0 Å². The molecule has 0 bridgehead atoms. The predicted molar refractivity (Wildman–Crippen MR) is 74.8 cm³/mol. The van der Waals surface area contributed by atoms with Crippen molar-refractivity contribution in [1.29, 1.82) is 0 Å². The highest BCUT2D eigenvalue weighted by Gasteiger charge is 2.23. The number of hydrogen-bond acceptors (Lipinski definition) is 3. The van der Waals surface area contributed by atoms with E-state index in [1.807, 2.05) is 26.0 Å². The number of aryl methyl sites for hydroxylation is 2. The molecule has 1 heterocycles. The van der Waals surface area contributed by atoms with Gasteiger partial charge in [0.15, 0.2) is 0 Å². The van der Waals surface area contributed by atoms with Crippen molar-refractivity contribution in [1.82, 2.24) is 10.0 Å². The summed E-state index contributed by atoms with van der Waals surface area (Å²) < 4.78 is 27.1. The Morgan fingerprint density at radius 2 is 2.06 bits per heavy atom. The van der Waals surface area contributed by atoms with Crippen molar-refractivity contribution >= 4 is 22.4 Å². The summed E-state index contributed by atoms with van der Waals surface area (Å²) in [5, 5.41) is 3.14. The Kier molecular flexibility index (Phi) is 5.16. The van der Waals surface area contributed by atoms with E-state index in [1.165, 1.54) is 0 Å². The standard InChI is InChI=1S/C12H18N2O2S.ClH/c1-9-3-4-12(10(2)7-9)17(15,16)14-11-5-6-13-8-11;/h3-4,7,11,13-14H,5-6,8H2,1-2H3;1H. The van der Waals surface area contributed by atoms with Crippen LogP contribution in [0.3, 0.4) is 0 Å². The molecule has 2 rings (SSSR count). The maximum Gasteiger partial charge on any atom is 0.241 e. The Labute approximate surface area is 115 Å². The van der Waals surface area contributed by atoms with Gasteiger partial charge in [0.2, 0.25) is 10.0 Å². The van der Waals surface area contributed by atoms with Crippen LogP contribution in [0, 0.1) is 13.8 Å². The van der Waals surface area contributed by atoms with Gasteiger partial charge in [0.1, 0.15) is 0 Å². The maximum atomic E-state index is 12.2. The smallest absolute Gasteiger partial charge is 0.241 e. The van der Waals surface area contributed by atoms with Crippen molar-refractivity contribution in [3.8, 4) is 0 Å². The van der Waals surface area contributed by atoms with Crippen LogP contribution < -0.4 is 10.0 Å². The number of sulfonamides is 1. The highest BCUT2D eigenvalue weighted by molar-refractivity contribution is 7.89. The number of benzene rings is 1. The quantitative estimate of drug-likeness (QED) is 0.884. The van der Waals surface area contributed by atoms with Gasteiger partial charge < -0.3 is 5.32 Å². The van der Waals surface area contributed by atoms with Gasteiger partial charge in [-0.3, -0.25) is 0 Å². The molecule has 1 atom stereocenters. The Hall–Kier alpha value is -0.620. The summed E-state index contributed by atoms with van der Waals surface area (Å²) in [6.45, 7) is 5.37. The fourth-order valence-electron chi connectivity index (χ4n) is 2.14. The molecular weight excluding hydrogens is 272 g/mol. The van der Waals surface area contributed by atoms with Gasteiger partial charge >= 0.3 is 0 Å². The van der Waals surface area contributed by atoms with Gasteiger partial charge in [0.05, 0.1) is 4.90 Å². The Morgan fingerprint density at radius 1 is 1.33 bits per heavy atom. The van der Waals surface area contributed by atoms with Crippen LogP contribution in [0.4, 0.5) is 0 Å². The Morgan fingerprint density at radius 3 is 2.61 bits per heavy atom. The molecular formula is C12H19ClN2O2S. The molecule has 1 unspecified atom stereocenters. The molecule has 1 aliphatic heterocycles. The first-order valence-electron chi connectivity index (χ1n) is 5.79. The van der Waals surface area contributed by atoms with Gasteiger partial charge in [0, 0.05) is 12.6 Å². The number of hydrogen-bond donors (Lipinski definition) is 2. The van der Waals surface area contributed by atoms with E-state index in [4.69, 9.17) is 0 Å². The Balaban J connectivity index is 0.00000162. The summed E-state index contributed by atoms with van der Waals surface area (Å²) in [6.07, 6.45) is 0.851. The van der Waals surface area contributed by atoms with E-state index in [1.54, 1.807) is 6.07 Å². The molecule has 1 saturated heterocycles. The van der Waals surface area contributed by atoms with Crippen molar-refractivity contribution < 1.29 is 8.42 Å². The molecule has 6 heteroatoms. The molecule has 0 spiro atoms. The molecule has 0 saturated carbocycles. The van der Waals surface area contributed by atoms with Crippen LogP contribution in [0.5, 0.6) is 0 Å². The molecule has 1 aromatic carbocycles. The molecule has 0 aliphatic carbocycles. The molecule has 1 aliphatic rings. The van der Waals surface area contributed by atoms with Crippen LogP contribution in [0.25, 0.3) is 0 Å². The minimum atomic E-state index is -3.38. The van der Waals surface area contributed by atoms with E-state index in [9.17, 15) is 8.42 Å². The molecule has 1 fully saturated rings. The second-order valence-corrected chi connectivity index (χ2v) is 6.26.